The van der Waals surface area contributed by atoms with Gasteiger partial charge in [0.25, 0.3) is 6.43 Å². The summed E-state index contributed by atoms with van der Waals surface area (Å²) in [4.78, 5) is 17.7. The number of aromatic nitrogens is 6. The number of anilines is 2. The van der Waals surface area contributed by atoms with E-state index in [-0.39, 0.29) is 29.3 Å². The zero-order valence-electron chi connectivity index (χ0n) is 16.7. The largest absolute Gasteiger partial charge is 0.437 e. The third-order valence-electron chi connectivity index (χ3n) is 6.01. The standard InChI is InChI=1S/C19H19F5N8/c20-14(21)9-32-17-13(5-28-32)27-6-15(30-17)29-12-3-10-7-31(8-11(10)4-12)18-16(19(22,23)24)25-1-2-26-18/h1-2,5-6,10-12,14H,3-4,7-9H2,(H,29,30)/t10-,11+,12+. The van der Waals surface area contributed by atoms with E-state index in [9.17, 15) is 22.0 Å². The quantitative estimate of drug-likeness (QED) is 0.593. The molecule has 1 saturated heterocycles. The third kappa shape index (κ3) is 3.91. The molecule has 3 aromatic rings. The molecule has 1 N–H and O–H groups in total. The predicted molar refractivity (Wildman–Crippen MR) is 104 cm³/mol. The molecule has 8 nitrogen and oxygen atoms in total. The minimum absolute atomic E-state index is 0.0642. The fourth-order valence-electron chi connectivity index (χ4n) is 4.74. The van der Waals surface area contributed by atoms with Crippen LogP contribution < -0.4 is 10.2 Å². The summed E-state index contributed by atoms with van der Waals surface area (Å²) >= 11 is 0. The van der Waals surface area contributed by atoms with E-state index in [2.05, 4.69) is 30.4 Å². The highest BCUT2D eigenvalue weighted by Gasteiger charge is 2.44. The van der Waals surface area contributed by atoms with Crippen molar-refractivity contribution >= 4 is 22.8 Å². The fourth-order valence-corrected chi connectivity index (χ4v) is 4.74. The molecule has 170 valence electrons. The molecule has 1 saturated carbocycles. The van der Waals surface area contributed by atoms with Gasteiger partial charge in [-0.2, -0.15) is 18.3 Å². The first-order valence-electron chi connectivity index (χ1n) is 10.1. The van der Waals surface area contributed by atoms with Gasteiger partial charge in [-0.1, -0.05) is 0 Å². The molecular weight excluding hydrogens is 435 g/mol. The van der Waals surface area contributed by atoms with Gasteiger partial charge in [0, 0.05) is 31.5 Å². The molecule has 13 heteroatoms. The van der Waals surface area contributed by atoms with Crippen molar-refractivity contribution in [1.82, 2.24) is 29.7 Å². The molecule has 0 radical (unpaired) electrons. The number of rotatable bonds is 5. The second-order valence-electron chi connectivity index (χ2n) is 8.15. The third-order valence-corrected chi connectivity index (χ3v) is 6.01. The minimum Gasteiger partial charge on any atom is -0.366 e. The average molecular weight is 454 g/mol. The van der Waals surface area contributed by atoms with E-state index in [1.165, 1.54) is 18.6 Å². The van der Waals surface area contributed by atoms with Crippen molar-refractivity contribution in [3.8, 4) is 0 Å². The van der Waals surface area contributed by atoms with Gasteiger partial charge in [0.1, 0.15) is 17.9 Å². The average Bonchev–Trinajstić information content (AvgIpc) is 3.41. The van der Waals surface area contributed by atoms with Crippen LogP contribution in [0.1, 0.15) is 18.5 Å². The van der Waals surface area contributed by atoms with Gasteiger partial charge in [-0.3, -0.25) is 0 Å². The lowest BCUT2D eigenvalue weighted by Gasteiger charge is -2.23. The smallest absolute Gasteiger partial charge is 0.366 e. The summed E-state index contributed by atoms with van der Waals surface area (Å²) in [5, 5.41) is 7.20. The van der Waals surface area contributed by atoms with Crippen LogP contribution in [-0.4, -0.2) is 55.3 Å². The highest BCUT2D eigenvalue weighted by Crippen LogP contribution is 2.42. The van der Waals surface area contributed by atoms with Crippen LogP contribution in [0.25, 0.3) is 11.2 Å². The molecular formula is C19H19F5N8. The van der Waals surface area contributed by atoms with Crippen molar-refractivity contribution in [2.45, 2.75) is 38.0 Å². The van der Waals surface area contributed by atoms with Crippen molar-refractivity contribution < 1.29 is 22.0 Å². The van der Waals surface area contributed by atoms with E-state index < -0.39 is 24.8 Å². The van der Waals surface area contributed by atoms with Crippen molar-refractivity contribution in [1.29, 1.82) is 0 Å². The zero-order valence-corrected chi connectivity index (χ0v) is 16.7. The van der Waals surface area contributed by atoms with Crippen LogP contribution in [-0.2, 0) is 12.7 Å². The van der Waals surface area contributed by atoms with Gasteiger partial charge in [0.2, 0.25) is 0 Å². The summed E-state index contributed by atoms with van der Waals surface area (Å²) in [6, 6.07) is 0.0642. The second-order valence-corrected chi connectivity index (χ2v) is 8.15. The van der Waals surface area contributed by atoms with E-state index in [1.807, 2.05) is 0 Å². The van der Waals surface area contributed by atoms with E-state index >= 15 is 0 Å². The highest BCUT2D eigenvalue weighted by molar-refractivity contribution is 5.71. The van der Waals surface area contributed by atoms with Gasteiger partial charge < -0.3 is 10.2 Å². The van der Waals surface area contributed by atoms with E-state index in [1.54, 1.807) is 4.90 Å². The van der Waals surface area contributed by atoms with Crippen LogP contribution in [0.4, 0.5) is 33.6 Å². The Morgan fingerprint density at radius 1 is 1.03 bits per heavy atom. The summed E-state index contributed by atoms with van der Waals surface area (Å²) in [6.07, 6.45) is -0.361. The number of nitrogens with one attached hydrogen (secondary N) is 1. The van der Waals surface area contributed by atoms with Crippen molar-refractivity contribution in [2.24, 2.45) is 11.8 Å². The molecule has 32 heavy (non-hydrogen) atoms. The van der Waals surface area contributed by atoms with E-state index in [0.717, 1.165) is 23.7 Å². The maximum Gasteiger partial charge on any atom is 0.437 e. The molecule has 2 aliphatic rings. The SMILES string of the molecule is FC(F)Cn1ncc2ncc(N[C@H]3C[C@@H]4CN(c5nccnc5C(F)(F)F)C[C@@H]4C3)nc21. The van der Waals surface area contributed by atoms with Crippen molar-refractivity contribution in [2.75, 3.05) is 23.3 Å². The maximum atomic E-state index is 13.3. The summed E-state index contributed by atoms with van der Waals surface area (Å²) in [5.74, 6) is 0.749. The normalized spacial score (nSPS) is 23.3. The van der Waals surface area contributed by atoms with Crippen LogP contribution in [0.2, 0.25) is 0 Å². The van der Waals surface area contributed by atoms with Gasteiger partial charge in [-0.15, -0.1) is 0 Å². The monoisotopic (exact) mass is 454 g/mol. The Labute approximate surface area is 178 Å². The molecule has 1 aliphatic heterocycles. The minimum atomic E-state index is -4.56. The molecule has 0 amide bonds. The van der Waals surface area contributed by atoms with Gasteiger partial charge >= 0.3 is 6.18 Å². The Bertz CT molecular complexity index is 1100. The Kier molecular flexibility index (Phi) is 5.05. The predicted octanol–water partition coefficient (Wildman–Crippen LogP) is 3.23. The first-order valence-corrected chi connectivity index (χ1v) is 10.1. The lowest BCUT2D eigenvalue weighted by atomic mass is 10.0. The lowest BCUT2D eigenvalue weighted by Crippen LogP contribution is -2.28. The zero-order chi connectivity index (χ0) is 22.5. The van der Waals surface area contributed by atoms with Crippen LogP contribution in [0.5, 0.6) is 0 Å². The van der Waals surface area contributed by atoms with Crippen LogP contribution >= 0.6 is 0 Å². The maximum absolute atomic E-state index is 13.3. The number of halogens is 5. The Morgan fingerprint density at radius 2 is 1.75 bits per heavy atom. The fraction of sp³-hybridized carbons (Fsp3) is 0.526. The molecule has 4 heterocycles. The molecule has 0 spiro atoms. The lowest BCUT2D eigenvalue weighted by molar-refractivity contribution is -0.140. The molecule has 1 aliphatic carbocycles. The molecule has 0 bridgehead atoms. The summed E-state index contributed by atoms with van der Waals surface area (Å²) in [6.45, 7) is 0.375. The highest BCUT2D eigenvalue weighted by atomic mass is 19.4. The molecule has 2 fully saturated rings. The van der Waals surface area contributed by atoms with Crippen LogP contribution in [0.15, 0.2) is 24.8 Å². The van der Waals surface area contributed by atoms with Crippen LogP contribution in [0, 0.1) is 11.8 Å². The molecule has 3 atom stereocenters. The van der Waals surface area contributed by atoms with Gasteiger partial charge in [0.15, 0.2) is 17.2 Å². The van der Waals surface area contributed by atoms with E-state index in [0.29, 0.717) is 24.4 Å². The number of fused-ring (bicyclic) bond motifs is 2. The number of nitrogens with zero attached hydrogens (tertiary/aromatic N) is 7. The van der Waals surface area contributed by atoms with Gasteiger partial charge in [0.05, 0.1) is 12.4 Å². The summed E-state index contributed by atoms with van der Waals surface area (Å²) < 4.78 is 66.4. The van der Waals surface area contributed by atoms with E-state index in [4.69, 9.17) is 0 Å². The first kappa shape index (κ1) is 20.8. The molecule has 0 aromatic carbocycles. The topological polar surface area (TPSA) is 84.7 Å². The van der Waals surface area contributed by atoms with Crippen molar-refractivity contribution in [3.05, 3.63) is 30.5 Å². The number of hydrogen-bond acceptors (Lipinski definition) is 7. The number of alkyl halides is 5. The summed E-state index contributed by atoms with van der Waals surface area (Å²) in [5.41, 5.74) is -0.250. The Morgan fingerprint density at radius 3 is 2.44 bits per heavy atom. The summed E-state index contributed by atoms with van der Waals surface area (Å²) in [7, 11) is 0. The Balaban J connectivity index is 1.26. The molecule has 0 unspecified atom stereocenters. The second kappa shape index (κ2) is 7.78. The Hall–Kier alpha value is -3.12. The van der Waals surface area contributed by atoms with Gasteiger partial charge in [-0.25, -0.2) is 33.4 Å². The van der Waals surface area contributed by atoms with Crippen molar-refractivity contribution in [3.63, 3.8) is 0 Å². The number of hydrogen-bond donors (Lipinski definition) is 1. The van der Waals surface area contributed by atoms with Crippen LogP contribution in [0.3, 0.4) is 0 Å². The molecule has 3 aromatic heterocycles. The first-order chi connectivity index (χ1) is 15.3. The molecule has 5 rings (SSSR count). The van der Waals surface area contributed by atoms with Gasteiger partial charge in [-0.05, 0) is 24.7 Å².